The quantitative estimate of drug-likeness (QED) is 0.195. The molecule has 6 aromatic carbocycles. The number of rotatable bonds is 3. The summed E-state index contributed by atoms with van der Waals surface area (Å²) in [6, 6.07) is 49.7. The normalized spacial score (nSPS) is 12.4. The molecule has 44 heavy (non-hydrogen) atoms. The van der Waals surface area contributed by atoms with Crippen LogP contribution < -0.4 is 4.90 Å². The predicted molar refractivity (Wildman–Crippen MR) is 184 cm³/mol. The van der Waals surface area contributed by atoms with Gasteiger partial charge in [-0.25, -0.2) is 0 Å². The Bertz CT molecular complexity index is 2270. The molecule has 8 aromatic rings. The SMILES string of the molecule is c1ccc2c(c1)Sc1ccccc1N2c1c2cccnc2c(-c2ccc(-c3cccc4ccccc34)cc2)c2cccnc12. The smallest absolute Gasteiger partial charge is 0.0956 e. The van der Waals surface area contributed by atoms with E-state index in [0.717, 1.165) is 50.0 Å². The Morgan fingerprint density at radius 2 is 1.05 bits per heavy atom. The number of aromatic nitrogens is 2. The van der Waals surface area contributed by atoms with Gasteiger partial charge in [0.1, 0.15) is 0 Å². The van der Waals surface area contributed by atoms with Gasteiger partial charge in [-0.05, 0) is 69.9 Å². The third-order valence-electron chi connectivity index (χ3n) is 8.53. The summed E-state index contributed by atoms with van der Waals surface area (Å²) in [5.41, 5.74) is 9.94. The van der Waals surface area contributed by atoms with Crippen LogP contribution in [-0.4, -0.2) is 9.97 Å². The van der Waals surface area contributed by atoms with Crippen molar-refractivity contribution in [1.82, 2.24) is 9.97 Å². The highest BCUT2D eigenvalue weighted by Gasteiger charge is 2.29. The van der Waals surface area contributed by atoms with Gasteiger partial charge in [0.05, 0.1) is 28.1 Å². The molecule has 0 N–H and O–H groups in total. The molecule has 3 nitrogen and oxygen atoms in total. The van der Waals surface area contributed by atoms with Crippen LogP contribution in [0.15, 0.2) is 162 Å². The molecule has 1 aliphatic rings. The first-order valence-corrected chi connectivity index (χ1v) is 15.6. The Morgan fingerprint density at radius 3 is 1.82 bits per heavy atom. The third-order valence-corrected chi connectivity index (χ3v) is 9.66. The molecule has 3 heterocycles. The van der Waals surface area contributed by atoms with E-state index in [1.54, 1.807) is 0 Å². The van der Waals surface area contributed by atoms with E-state index in [-0.39, 0.29) is 0 Å². The zero-order valence-corrected chi connectivity index (χ0v) is 24.5. The maximum atomic E-state index is 5.06. The van der Waals surface area contributed by atoms with E-state index in [1.165, 1.54) is 31.7 Å². The molecule has 0 saturated carbocycles. The molecule has 4 heteroatoms. The van der Waals surface area contributed by atoms with E-state index in [2.05, 4.69) is 132 Å². The molecule has 0 radical (unpaired) electrons. The molecule has 0 fully saturated rings. The van der Waals surface area contributed by atoms with E-state index >= 15 is 0 Å². The van der Waals surface area contributed by atoms with Gasteiger partial charge in [-0.2, -0.15) is 0 Å². The van der Waals surface area contributed by atoms with Crippen molar-refractivity contribution in [3.8, 4) is 22.3 Å². The van der Waals surface area contributed by atoms with Crippen LogP contribution in [0.3, 0.4) is 0 Å². The van der Waals surface area contributed by atoms with Crippen LogP contribution in [-0.2, 0) is 0 Å². The van der Waals surface area contributed by atoms with Crippen LogP contribution in [0.25, 0.3) is 54.8 Å². The fourth-order valence-corrected chi connectivity index (χ4v) is 7.66. The second-order valence-electron chi connectivity index (χ2n) is 11.0. The van der Waals surface area contributed by atoms with Crippen LogP contribution in [0.2, 0.25) is 0 Å². The van der Waals surface area contributed by atoms with Gasteiger partial charge in [-0.3, -0.25) is 9.97 Å². The number of anilines is 3. The summed E-state index contributed by atoms with van der Waals surface area (Å²) >= 11 is 1.81. The molecule has 0 amide bonds. The fraction of sp³-hybridized carbons (Fsp3) is 0. The van der Waals surface area contributed by atoms with Crippen LogP contribution in [0, 0.1) is 0 Å². The van der Waals surface area contributed by atoms with Crippen molar-refractivity contribution in [3.05, 3.63) is 152 Å². The molecule has 0 aliphatic carbocycles. The van der Waals surface area contributed by atoms with Gasteiger partial charge in [0.25, 0.3) is 0 Å². The number of pyridine rings is 2. The van der Waals surface area contributed by atoms with Crippen molar-refractivity contribution >= 4 is 61.4 Å². The van der Waals surface area contributed by atoms with Crippen molar-refractivity contribution in [2.24, 2.45) is 0 Å². The largest absolute Gasteiger partial charge is 0.305 e. The molecule has 0 bridgehead atoms. The summed E-state index contributed by atoms with van der Waals surface area (Å²) in [7, 11) is 0. The standard InChI is InChI=1S/C40H25N3S/c1-2-12-29-26(10-1)11-7-13-30(29)27-20-22-28(23-21-27)37-31-14-8-25-42-39(31)40(32-15-9-24-41-38(32)37)43-33-16-3-5-18-35(33)44-36-19-6-4-17-34(36)43/h1-25H. The first-order valence-electron chi connectivity index (χ1n) is 14.8. The highest BCUT2D eigenvalue weighted by atomic mass is 32.2. The number of nitrogens with zero attached hydrogens (tertiary/aromatic N) is 3. The Labute approximate surface area is 259 Å². The van der Waals surface area contributed by atoms with Crippen molar-refractivity contribution in [2.75, 3.05) is 4.90 Å². The Morgan fingerprint density at radius 1 is 0.455 bits per heavy atom. The van der Waals surface area contributed by atoms with Crippen molar-refractivity contribution in [3.63, 3.8) is 0 Å². The minimum absolute atomic E-state index is 0.956. The average molecular weight is 580 g/mol. The number of para-hydroxylation sites is 2. The second-order valence-corrected chi connectivity index (χ2v) is 12.1. The van der Waals surface area contributed by atoms with E-state index in [1.807, 2.05) is 36.3 Å². The lowest BCUT2D eigenvalue weighted by molar-refractivity contribution is 1.17. The highest BCUT2D eigenvalue weighted by Crippen LogP contribution is 2.54. The number of hydrogen-bond acceptors (Lipinski definition) is 4. The summed E-state index contributed by atoms with van der Waals surface area (Å²) in [6.07, 6.45) is 3.80. The topological polar surface area (TPSA) is 29.0 Å². The van der Waals surface area contributed by atoms with Gasteiger partial charge < -0.3 is 4.90 Å². The number of benzene rings is 6. The fourth-order valence-electron chi connectivity index (χ4n) is 6.60. The third kappa shape index (κ3) is 3.85. The first-order chi connectivity index (χ1) is 21.8. The zero-order valence-electron chi connectivity index (χ0n) is 23.7. The van der Waals surface area contributed by atoms with Crippen molar-refractivity contribution in [1.29, 1.82) is 0 Å². The summed E-state index contributed by atoms with van der Waals surface area (Å²) in [5, 5.41) is 4.66. The van der Waals surface area contributed by atoms with Gasteiger partial charge in [-0.1, -0.05) is 109 Å². The second kappa shape index (κ2) is 10.1. The van der Waals surface area contributed by atoms with Crippen LogP contribution in [0.5, 0.6) is 0 Å². The predicted octanol–water partition coefficient (Wildman–Crippen LogP) is 11.2. The first kappa shape index (κ1) is 25.1. The molecule has 0 atom stereocenters. The van der Waals surface area contributed by atoms with Gasteiger partial charge in [0.2, 0.25) is 0 Å². The lowest BCUT2D eigenvalue weighted by Crippen LogP contribution is -2.16. The summed E-state index contributed by atoms with van der Waals surface area (Å²) in [6.45, 7) is 0. The van der Waals surface area contributed by atoms with Crippen molar-refractivity contribution in [2.45, 2.75) is 9.79 Å². The number of hydrogen-bond donors (Lipinski definition) is 0. The molecular formula is C40H25N3S. The van der Waals surface area contributed by atoms with E-state index in [0.29, 0.717) is 0 Å². The minimum Gasteiger partial charge on any atom is -0.305 e. The van der Waals surface area contributed by atoms with Gasteiger partial charge in [0, 0.05) is 38.5 Å². The van der Waals surface area contributed by atoms with E-state index in [4.69, 9.17) is 9.97 Å². The summed E-state index contributed by atoms with van der Waals surface area (Å²) in [5.74, 6) is 0. The van der Waals surface area contributed by atoms with Gasteiger partial charge in [-0.15, -0.1) is 0 Å². The maximum absolute atomic E-state index is 5.06. The molecule has 0 spiro atoms. The molecule has 206 valence electrons. The van der Waals surface area contributed by atoms with Crippen LogP contribution in [0.1, 0.15) is 0 Å². The summed E-state index contributed by atoms with van der Waals surface area (Å²) < 4.78 is 0. The monoisotopic (exact) mass is 579 g/mol. The zero-order chi connectivity index (χ0) is 29.0. The molecular weight excluding hydrogens is 555 g/mol. The lowest BCUT2D eigenvalue weighted by Gasteiger charge is -2.34. The Hall–Kier alpha value is -5.45. The minimum atomic E-state index is 0.956. The maximum Gasteiger partial charge on any atom is 0.0956 e. The molecule has 0 unspecified atom stereocenters. The Kier molecular flexibility index (Phi) is 5.75. The van der Waals surface area contributed by atoms with Crippen molar-refractivity contribution < 1.29 is 0 Å². The van der Waals surface area contributed by atoms with Crippen LogP contribution in [0.4, 0.5) is 17.1 Å². The van der Waals surface area contributed by atoms with Gasteiger partial charge >= 0.3 is 0 Å². The molecule has 1 aliphatic heterocycles. The van der Waals surface area contributed by atoms with E-state index in [9.17, 15) is 0 Å². The molecule has 9 rings (SSSR count). The molecule has 0 saturated heterocycles. The Balaban J connectivity index is 1.30. The number of fused-ring (bicyclic) bond motifs is 5. The highest BCUT2D eigenvalue weighted by molar-refractivity contribution is 7.99. The average Bonchev–Trinajstić information content (AvgIpc) is 3.10. The summed E-state index contributed by atoms with van der Waals surface area (Å²) in [4.78, 5) is 14.9. The van der Waals surface area contributed by atoms with Crippen LogP contribution >= 0.6 is 11.8 Å². The van der Waals surface area contributed by atoms with E-state index < -0.39 is 0 Å². The van der Waals surface area contributed by atoms with Gasteiger partial charge in [0.15, 0.2) is 0 Å². The molecule has 2 aromatic heterocycles. The lowest BCUT2D eigenvalue weighted by atomic mass is 9.92.